The average Bonchev–Trinajstić information content (AvgIpc) is 1.88. The molecule has 1 heterocycles. The molecule has 0 aliphatic carbocycles. The molecule has 0 aliphatic rings. The van der Waals surface area contributed by atoms with Crippen molar-refractivity contribution >= 4 is 35.0 Å². The Morgan fingerprint density at radius 2 is 2.27 bits per heavy atom. The molecular formula is C6H7ClFIN2. The molecule has 0 fully saturated rings. The molecule has 0 aromatic carbocycles. The first-order chi connectivity index (χ1) is 4.74. The molecule has 0 unspecified atom stereocenters. The van der Waals surface area contributed by atoms with E-state index in [1.807, 2.05) is 22.6 Å². The minimum Gasteiger partial charge on any atom is -0.325 e. The zero-order chi connectivity index (χ0) is 7.56. The van der Waals surface area contributed by atoms with Gasteiger partial charge in [-0.15, -0.1) is 12.4 Å². The van der Waals surface area contributed by atoms with E-state index < -0.39 is 0 Å². The Labute approximate surface area is 83.9 Å². The third kappa shape index (κ3) is 2.88. The van der Waals surface area contributed by atoms with Gasteiger partial charge in [-0.05, 0) is 28.7 Å². The van der Waals surface area contributed by atoms with Crippen LogP contribution in [-0.2, 0) is 6.54 Å². The lowest BCUT2D eigenvalue weighted by molar-refractivity contribution is 0.617. The monoisotopic (exact) mass is 288 g/mol. The van der Waals surface area contributed by atoms with Crippen molar-refractivity contribution in [1.82, 2.24) is 4.98 Å². The molecule has 2 N–H and O–H groups in total. The van der Waals surface area contributed by atoms with Crippen LogP contribution in [-0.4, -0.2) is 4.98 Å². The first kappa shape index (κ1) is 11.1. The van der Waals surface area contributed by atoms with Gasteiger partial charge in [0, 0.05) is 10.1 Å². The van der Waals surface area contributed by atoms with Gasteiger partial charge in [0.15, 0.2) is 0 Å². The Morgan fingerprint density at radius 1 is 1.64 bits per heavy atom. The van der Waals surface area contributed by atoms with Crippen LogP contribution < -0.4 is 5.73 Å². The standard InChI is InChI=1S/C6H6FIN2.ClH/c7-4-1-5(8)6(2-9)10-3-4;/h1,3H,2,9H2;1H. The van der Waals surface area contributed by atoms with Gasteiger partial charge in [0.05, 0.1) is 11.9 Å². The van der Waals surface area contributed by atoms with E-state index >= 15 is 0 Å². The largest absolute Gasteiger partial charge is 0.325 e. The summed E-state index contributed by atoms with van der Waals surface area (Å²) in [5.74, 6) is -0.318. The summed E-state index contributed by atoms with van der Waals surface area (Å²) in [4.78, 5) is 3.79. The van der Waals surface area contributed by atoms with Crippen LogP contribution in [0.2, 0.25) is 0 Å². The lowest BCUT2D eigenvalue weighted by Gasteiger charge is -1.97. The van der Waals surface area contributed by atoms with Crippen molar-refractivity contribution < 1.29 is 4.39 Å². The molecule has 0 amide bonds. The van der Waals surface area contributed by atoms with E-state index in [4.69, 9.17) is 5.73 Å². The molecule has 0 aliphatic heterocycles. The normalized spacial score (nSPS) is 9.00. The fourth-order valence-corrected chi connectivity index (χ4v) is 1.25. The first-order valence-corrected chi connectivity index (χ1v) is 3.82. The van der Waals surface area contributed by atoms with Gasteiger partial charge in [-0.3, -0.25) is 4.98 Å². The second-order valence-corrected chi connectivity index (χ2v) is 2.95. The summed E-state index contributed by atoms with van der Waals surface area (Å²) in [5, 5.41) is 0. The summed E-state index contributed by atoms with van der Waals surface area (Å²) >= 11 is 2.00. The first-order valence-electron chi connectivity index (χ1n) is 2.74. The minimum absolute atomic E-state index is 0. The maximum Gasteiger partial charge on any atom is 0.142 e. The summed E-state index contributed by atoms with van der Waals surface area (Å²) in [6.07, 6.45) is 1.17. The number of nitrogens with zero attached hydrogens (tertiary/aromatic N) is 1. The molecule has 1 rings (SSSR count). The SMILES string of the molecule is Cl.NCc1ncc(F)cc1I. The van der Waals surface area contributed by atoms with Gasteiger partial charge < -0.3 is 5.73 Å². The second kappa shape index (κ2) is 4.84. The van der Waals surface area contributed by atoms with Crippen LogP contribution in [0.3, 0.4) is 0 Å². The van der Waals surface area contributed by atoms with Gasteiger partial charge in [-0.1, -0.05) is 0 Å². The zero-order valence-corrected chi connectivity index (χ0v) is 8.52. The summed E-state index contributed by atoms with van der Waals surface area (Å²) in [6, 6.07) is 1.41. The fraction of sp³-hybridized carbons (Fsp3) is 0.167. The molecule has 62 valence electrons. The van der Waals surface area contributed by atoms with Crippen molar-refractivity contribution in [3.05, 3.63) is 27.3 Å². The fourth-order valence-electron chi connectivity index (χ4n) is 0.593. The Kier molecular flexibility index (Phi) is 4.87. The highest BCUT2D eigenvalue weighted by Gasteiger charge is 1.99. The van der Waals surface area contributed by atoms with Crippen LogP contribution in [0.15, 0.2) is 12.3 Å². The van der Waals surface area contributed by atoms with E-state index in [2.05, 4.69) is 4.98 Å². The van der Waals surface area contributed by atoms with Gasteiger partial charge in [0.25, 0.3) is 0 Å². The van der Waals surface area contributed by atoms with E-state index in [0.717, 1.165) is 9.26 Å². The van der Waals surface area contributed by atoms with Crippen molar-refractivity contribution in [2.75, 3.05) is 0 Å². The van der Waals surface area contributed by atoms with Crippen molar-refractivity contribution in [1.29, 1.82) is 0 Å². The Hall–Kier alpha value is 0.0600. The predicted octanol–water partition coefficient (Wildman–Crippen LogP) is 1.71. The van der Waals surface area contributed by atoms with Gasteiger partial charge in [0.1, 0.15) is 5.82 Å². The number of nitrogens with two attached hydrogens (primary N) is 1. The Balaban J connectivity index is 0.000001000. The number of aromatic nitrogens is 1. The Morgan fingerprint density at radius 3 is 2.73 bits per heavy atom. The summed E-state index contributed by atoms with van der Waals surface area (Å²) in [6.45, 7) is 0.360. The third-order valence-corrected chi connectivity index (χ3v) is 2.01. The van der Waals surface area contributed by atoms with Gasteiger partial charge in [-0.25, -0.2) is 4.39 Å². The summed E-state index contributed by atoms with van der Waals surface area (Å²) in [5.41, 5.74) is 6.05. The molecule has 0 saturated carbocycles. The molecule has 5 heteroatoms. The quantitative estimate of drug-likeness (QED) is 0.799. The number of hydrogen-bond donors (Lipinski definition) is 1. The topological polar surface area (TPSA) is 38.9 Å². The second-order valence-electron chi connectivity index (χ2n) is 1.79. The summed E-state index contributed by atoms with van der Waals surface area (Å²) < 4.78 is 13.2. The van der Waals surface area contributed by atoms with E-state index in [0.29, 0.717) is 6.54 Å². The van der Waals surface area contributed by atoms with Crippen LogP contribution in [0, 0.1) is 9.39 Å². The number of pyridine rings is 1. The molecule has 1 aromatic heterocycles. The van der Waals surface area contributed by atoms with Gasteiger partial charge in [-0.2, -0.15) is 0 Å². The van der Waals surface area contributed by atoms with E-state index in [9.17, 15) is 4.39 Å². The highest BCUT2D eigenvalue weighted by molar-refractivity contribution is 14.1. The lowest BCUT2D eigenvalue weighted by Crippen LogP contribution is -2.02. The number of hydrogen-bond acceptors (Lipinski definition) is 2. The van der Waals surface area contributed by atoms with Crippen molar-refractivity contribution in [2.45, 2.75) is 6.54 Å². The average molecular weight is 288 g/mol. The van der Waals surface area contributed by atoms with Crippen molar-refractivity contribution in [3.63, 3.8) is 0 Å². The third-order valence-electron chi connectivity index (χ3n) is 1.08. The van der Waals surface area contributed by atoms with Crippen molar-refractivity contribution in [2.24, 2.45) is 5.73 Å². The van der Waals surface area contributed by atoms with Crippen LogP contribution in [0.4, 0.5) is 4.39 Å². The molecule has 0 saturated heterocycles. The van der Waals surface area contributed by atoms with E-state index in [1.165, 1.54) is 12.3 Å². The predicted molar refractivity (Wildman–Crippen MR) is 52.1 cm³/mol. The van der Waals surface area contributed by atoms with Gasteiger partial charge in [0.2, 0.25) is 0 Å². The molecule has 0 spiro atoms. The van der Waals surface area contributed by atoms with Crippen molar-refractivity contribution in [3.8, 4) is 0 Å². The van der Waals surface area contributed by atoms with Crippen LogP contribution in [0.1, 0.15) is 5.69 Å². The number of rotatable bonds is 1. The molecule has 1 aromatic rings. The van der Waals surface area contributed by atoms with E-state index in [1.54, 1.807) is 0 Å². The lowest BCUT2D eigenvalue weighted by atomic mass is 10.3. The molecular weight excluding hydrogens is 281 g/mol. The molecule has 11 heavy (non-hydrogen) atoms. The maximum absolute atomic E-state index is 12.4. The zero-order valence-electron chi connectivity index (χ0n) is 5.55. The highest BCUT2D eigenvalue weighted by Crippen LogP contribution is 2.09. The molecule has 2 nitrogen and oxygen atoms in total. The van der Waals surface area contributed by atoms with Crippen LogP contribution >= 0.6 is 35.0 Å². The molecule has 0 bridgehead atoms. The highest BCUT2D eigenvalue weighted by atomic mass is 127. The van der Waals surface area contributed by atoms with Crippen LogP contribution in [0.5, 0.6) is 0 Å². The Bertz CT molecular complexity index is 244. The molecule has 0 atom stereocenters. The van der Waals surface area contributed by atoms with E-state index in [-0.39, 0.29) is 18.2 Å². The van der Waals surface area contributed by atoms with Gasteiger partial charge >= 0.3 is 0 Å². The number of halogens is 3. The summed E-state index contributed by atoms with van der Waals surface area (Å²) in [7, 11) is 0. The smallest absolute Gasteiger partial charge is 0.142 e. The van der Waals surface area contributed by atoms with Crippen LogP contribution in [0.25, 0.3) is 0 Å². The molecule has 0 radical (unpaired) electrons. The minimum atomic E-state index is -0.318. The maximum atomic E-state index is 12.4.